The molecule has 4 heteroatoms. The fourth-order valence-electron chi connectivity index (χ4n) is 2.24. The summed E-state index contributed by atoms with van der Waals surface area (Å²) in [7, 11) is 0. The predicted molar refractivity (Wildman–Crippen MR) is 73.2 cm³/mol. The van der Waals surface area contributed by atoms with Crippen molar-refractivity contribution in [1.29, 1.82) is 0 Å². The van der Waals surface area contributed by atoms with E-state index < -0.39 is 0 Å². The van der Waals surface area contributed by atoms with Crippen LogP contribution in [0.15, 0.2) is 18.3 Å². The van der Waals surface area contributed by atoms with Crippen LogP contribution in [0, 0.1) is 0 Å². The van der Waals surface area contributed by atoms with Crippen molar-refractivity contribution in [2.24, 2.45) is 0 Å². The van der Waals surface area contributed by atoms with E-state index in [4.69, 9.17) is 0 Å². The molecule has 1 aliphatic heterocycles. The van der Waals surface area contributed by atoms with Crippen molar-refractivity contribution >= 4 is 11.6 Å². The minimum Gasteiger partial charge on any atom is -0.354 e. The van der Waals surface area contributed by atoms with Crippen LogP contribution in [0.5, 0.6) is 0 Å². The van der Waals surface area contributed by atoms with E-state index in [0.29, 0.717) is 12.0 Å². The average molecular weight is 247 g/mol. The number of carbonyl (C=O) groups is 1. The van der Waals surface area contributed by atoms with Crippen molar-refractivity contribution in [2.75, 3.05) is 37.6 Å². The lowest BCUT2D eigenvalue weighted by atomic mass is 10.1. The highest BCUT2D eigenvalue weighted by Crippen LogP contribution is 2.14. The van der Waals surface area contributed by atoms with Crippen molar-refractivity contribution in [3.8, 4) is 0 Å². The van der Waals surface area contributed by atoms with Gasteiger partial charge >= 0.3 is 0 Å². The zero-order valence-electron chi connectivity index (χ0n) is 11.2. The van der Waals surface area contributed by atoms with Crippen LogP contribution in [-0.4, -0.2) is 48.4 Å². The van der Waals surface area contributed by atoms with Crippen LogP contribution in [0.25, 0.3) is 0 Å². The van der Waals surface area contributed by atoms with Gasteiger partial charge in [-0.2, -0.15) is 0 Å². The van der Waals surface area contributed by atoms with Crippen molar-refractivity contribution in [3.05, 3.63) is 23.9 Å². The molecular formula is C14H21N3O. The first kappa shape index (κ1) is 13.0. The molecule has 2 rings (SSSR count). The SMILES string of the molecule is CCC(=O)c1ccc(N2CCN(CC)CC2)nc1. The lowest BCUT2D eigenvalue weighted by molar-refractivity contribution is 0.0988. The Bertz CT molecular complexity index is 394. The summed E-state index contributed by atoms with van der Waals surface area (Å²) in [6.07, 6.45) is 2.24. The number of ketones is 1. The third-order valence-corrected chi connectivity index (χ3v) is 3.53. The molecule has 18 heavy (non-hydrogen) atoms. The Labute approximate surface area is 109 Å². The second-order valence-corrected chi connectivity index (χ2v) is 4.60. The molecule has 98 valence electrons. The largest absolute Gasteiger partial charge is 0.354 e. The van der Waals surface area contributed by atoms with Gasteiger partial charge in [0.15, 0.2) is 5.78 Å². The smallest absolute Gasteiger partial charge is 0.164 e. The fraction of sp³-hybridized carbons (Fsp3) is 0.571. The Morgan fingerprint density at radius 3 is 2.44 bits per heavy atom. The van der Waals surface area contributed by atoms with E-state index in [0.717, 1.165) is 38.5 Å². The van der Waals surface area contributed by atoms with Crippen LogP contribution in [-0.2, 0) is 0 Å². The Morgan fingerprint density at radius 2 is 1.94 bits per heavy atom. The number of nitrogens with zero attached hydrogens (tertiary/aromatic N) is 3. The van der Waals surface area contributed by atoms with Crippen LogP contribution >= 0.6 is 0 Å². The minimum atomic E-state index is 0.157. The van der Waals surface area contributed by atoms with Gasteiger partial charge in [0.2, 0.25) is 0 Å². The standard InChI is InChI=1S/C14H21N3O/c1-3-13(18)12-5-6-14(15-11-12)17-9-7-16(4-2)8-10-17/h5-6,11H,3-4,7-10H2,1-2H3. The first-order valence-corrected chi connectivity index (χ1v) is 6.71. The summed E-state index contributed by atoms with van der Waals surface area (Å²) >= 11 is 0. The number of hydrogen-bond acceptors (Lipinski definition) is 4. The number of likely N-dealkylation sites (N-methyl/N-ethyl adjacent to an activating group) is 1. The molecule has 0 spiro atoms. The third kappa shape index (κ3) is 2.88. The average Bonchev–Trinajstić information content (AvgIpc) is 2.47. The Morgan fingerprint density at radius 1 is 1.22 bits per heavy atom. The number of aromatic nitrogens is 1. The van der Waals surface area contributed by atoms with Gasteiger partial charge in [-0.3, -0.25) is 4.79 Å². The number of hydrogen-bond donors (Lipinski definition) is 0. The number of pyridine rings is 1. The van der Waals surface area contributed by atoms with Gasteiger partial charge in [-0.05, 0) is 18.7 Å². The predicted octanol–water partition coefficient (Wildman–Crippen LogP) is 1.82. The Balaban J connectivity index is 2.00. The van der Waals surface area contributed by atoms with Crippen molar-refractivity contribution in [3.63, 3.8) is 0 Å². The molecule has 4 nitrogen and oxygen atoms in total. The van der Waals surface area contributed by atoms with Gasteiger partial charge in [-0.25, -0.2) is 4.98 Å². The Kier molecular flexibility index (Phi) is 4.31. The number of rotatable bonds is 4. The highest BCUT2D eigenvalue weighted by Gasteiger charge is 2.16. The first-order chi connectivity index (χ1) is 8.74. The summed E-state index contributed by atoms with van der Waals surface area (Å²) in [5, 5.41) is 0. The zero-order chi connectivity index (χ0) is 13.0. The van der Waals surface area contributed by atoms with Crippen LogP contribution in [0.2, 0.25) is 0 Å². The quantitative estimate of drug-likeness (QED) is 0.760. The highest BCUT2D eigenvalue weighted by atomic mass is 16.1. The van der Waals surface area contributed by atoms with Crippen LogP contribution < -0.4 is 4.90 Å². The van der Waals surface area contributed by atoms with Gasteiger partial charge in [0.05, 0.1) is 0 Å². The number of carbonyl (C=O) groups excluding carboxylic acids is 1. The molecule has 1 aromatic heterocycles. The molecule has 0 aromatic carbocycles. The molecule has 1 aromatic rings. The van der Waals surface area contributed by atoms with E-state index in [-0.39, 0.29) is 5.78 Å². The molecule has 0 saturated carbocycles. The van der Waals surface area contributed by atoms with Gasteiger partial charge in [0, 0.05) is 44.4 Å². The molecule has 0 radical (unpaired) electrons. The highest BCUT2D eigenvalue weighted by molar-refractivity contribution is 5.95. The lowest BCUT2D eigenvalue weighted by Gasteiger charge is -2.34. The van der Waals surface area contributed by atoms with Crippen molar-refractivity contribution < 1.29 is 4.79 Å². The monoisotopic (exact) mass is 247 g/mol. The normalized spacial score (nSPS) is 16.9. The third-order valence-electron chi connectivity index (χ3n) is 3.53. The van der Waals surface area contributed by atoms with E-state index in [9.17, 15) is 4.79 Å². The number of anilines is 1. The molecule has 0 aliphatic carbocycles. The number of piperazine rings is 1. The minimum absolute atomic E-state index is 0.157. The van der Waals surface area contributed by atoms with Crippen LogP contribution in [0.3, 0.4) is 0 Å². The van der Waals surface area contributed by atoms with Crippen LogP contribution in [0.4, 0.5) is 5.82 Å². The first-order valence-electron chi connectivity index (χ1n) is 6.71. The molecule has 0 N–H and O–H groups in total. The van der Waals surface area contributed by atoms with Gasteiger partial charge in [0.25, 0.3) is 0 Å². The van der Waals surface area contributed by atoms with E-state index in [1.54, 1.807) is 6.20 Å². The zero-order valence-corrected chi connectivity index (χ0v) is 11.2. The van der Waals surface area contributed by atoms with Gasteiger partial charge in [-0.1, -0.05) is 13.8 Å². The van der Waals surface area contributed by atoms with Gasteiger partial charge < -0.3 is 9.80 Å². The molecule has 0 bridgehead atoms. The maximum absolute atomic E-state index is 11.5. The maximum Gasteiger partial charge on any atom is 0.164 e. The summed E-state index contributed by atoms with van der Waals surface area (Å²) < 4.78 is 0. The van der Waals surface area contributed by atoms with Gasteiger partial charge in [-0.15, -0.1) is 0 Å². The molecular weight excluding hydrogens is 226 g/mol. The summed E-state index contributed by atoms with van der Waals surface area (Å²) in [4.78, 5) is 20.7. The van der Waals surface area contributed by atoms with E-state index in [2.05, 4.69) is 21.7 Å². The molecule has 1 aliphatic rings. The molecule has 0 unspecified atom stereocenters. The summed E-state index contributed by atoms with van der Waals surface area (Å²) in [6.45, 7) is 9.40. The fourth-order valence-corrected chi connectivity index (χ4v) is 2.24. The summed E-state index contributed by atoms with van der Waals surface area (Å²) in [6, 6.07) is 3.85. The van der Waals surface area contributed by atoms with Crippen molar-refractivity contribution in [2.45, 2.75) is 20.3 Å². The van der Waals surface area contributed by atoms with Gasteiger partial charge in [0.1, 0.15) is 5.82 Å². The lowest BCUT2D eigenvalue weighted by Crippen LogP contribution is -2.46. The second-order valence-electron chi connectivity index (χ2n) is 4.60. The van der Waals surface area contributed by atoms with Crippen molar-refractivity contribution in [1.82, 2.24) is 9.88 Å². The van der Waals surface area contributed by atoms with E-state index in [1.807, 2.05) is 19.1 Å². The molecule has 1 saturated heterocycles. The van der Waals surface area contributed by atoms with E-state index >= 15 is 0 Å². The molecule has 2 heterocycles. The molecule has 0 atom stereocenters. The van der Waals surface area contributed by atoms with E-state index in [1.165, 1.54) is 0 Å². The summed E-state index contributed by atoms with van der Waals surface area (Å²) in [5.74, 6) is 1.14. The topological polar surface area (TPSA) is 36.4 Å². The second kappa shape index (κ2) is 5.96. The maximum atomic E-state index is 11.5. The van der Waals surface area contributed by atoms with Crippen LogP contribution in [0.1, 0.15) is 30.6 Å². The molecule has 0 amide bonds. The summed E-state index contributed by atoms with van der Waals surface area (Å²) in [5.41, 5.74) is 0.716. The molecule has 1 fully saturated rings. The number of Topliss-reactive ketones (excluding diaryl/α,β-unsaturated/α-hetero) is 1. The Hall–Kier alpha value is -1.42.